The molecule has 0 saturated heterocycles. The molecule has 0 spiro atoms. The highest BCUT2D eigenvalue weighted by atomic mass is 35.5. The number of amides is 1. The highest BCUT2D eigenvalue weighted by molar-refractivity contribution is 7.99. The second-order valence-electron chi connectivity index (χ2n) is 7.43. The number of aryl methyl sites for hydroxylation is 2. The van der Waals surface area contributed by atoms with Crippen molar-refractivity contribution in [3.05, 3.63) is 76.6 Å². The zero-order chi connectivity index (χ0) is 24.0. The standard InChI is InChI=1S/C24H25ClN4O3S/c1-5-10-29-21(13-32-20-11-15(2)23(25)16(3)12-20)27-28-24(29)33-14-22(31)26-19-8-6-18(7-9-19)17(4)30/h5-9,11-12H,1,10,13-14H2,2-4H3,(H,26,31). The van der Waals surface area contributed by atoms with Crippen LogP contribution in [0.25, 0.3) is 0 Å². The van der Waals surface area contributed by atoms with E-state index in [9.17, 15) is 9.59 Å². The third-order valence-corrected chi connectivity index (χ3v) is 6.35. The first-order chi connectivity index (χ1) is 15.8. The fourth-order valence-corrected chi connectivity index (χ4v) is 3.97. The van der Waals surface area contributed by atoms with Crippen LogP contribution in [0.4, 0.5) is 5.69 Å². The minimum atomic E-state index is -0.186. The summed E-state index contributed by atoms with van der Waals surface area (Å²) in [6.45, 7) is 9.86. The molecular formula is C24H25ClN4O3S. The Morgan fingerprint density at radius 1 is 1.18 bits per heavy atom. The molecule has 2 aromatic carbocycles. The third kappa shape index (κ3) is 6.46. The fourth-order valence-electron chi connectivity index (χ4n) is 3.10. The maximum atomic E-state index is 12.4. The monoisotopic (exact) mass is 484 g/mol. The number of Topliss-reactive ketones (excluding diaryl/α,β-unsaturated/α-hetero) is 1. The van der Waals surface area contributed by atoms with Crippen molar-refractivity contribution < 1.29 is 14.3 Å². The van der Waals surface area contributed by atoms with Crippen molar-refractivity contribution in [3.63, 3.8) is 0 Å². The number of thioether (sulfide) groups is 1. The molecule has 3 rings (SSSR count). The Morgan fingerprint density at radius 3 is 2.45 bits per heavy atom. The van der Waals surface area contributed by atoms with Gasteiger partial charge in [-0.15, -0.1) is 16.8 Å². The van der Waals surface area contributed by atoms with E-state index in [-0.39, 0.29) is 24.1 Å². The lowest BCUT2D eigenvalue weighted by Gasteiger charge is -2.11. The third-order valence-electron chi connectivity index (χ3n) is 4.79. The number of aromatic nitrogens is 3. The number of hydrogen-bond acceptors (Lipinski definition) is 6. The number of ether oxygens (including phenoxy) is 1. The lowest BCUT2D eigenvalue weighted by Crippen LogP contribution is -2.15. The van der Waals surface area contributed by atoms with E-state index in [1.807, 2.05) is 30.5 Å². The van der Waals surface area contributed by atoms with Crippen molar-refractivity contribution in [3.8, 4) is 5.75 Å². The van der Waals surface area contributed by atoms with Gasteiger partial charge in [-0.1, -0.05) is 29.4 Å². The number of ketones is 1. The van der Waals surface area contributed by atoms with Crippen molar-refractivity contribution in [1.29, 1.82) is 0 Å². The number of carbonyl (C=O) groups excluding carboxylic acids is 2. The Bertz CT molecular complexity index is 1150. The van der Waals surface area contributed by atoms with Gasteiger partial charge in [0.05, 0.1) is 5.75 Å². The number of allylic oxidation sites excluding steroid dienone is 1. The number of rotatable bonds is 10. The molecule has 0 aliphatic heterocycles. The summed E-state index contributed by atoms with van der Waals surface area (Å²) in [4.78, 5) is 23.7. The van der Waals surface area contributed by atoms with Crippen LogP contribution in [0.1, 0.15) is 34.2 Å². The van der Waals surface area contributed by atoms with Crippen LogP contribution in [0.5, 0.6) is 5.75 Å². The van der Waals surface area contributed by atoms with Gasteiger partial charge in [0.15, 0.2) is 16.8 Å². The van der Waals surface area contributed by atoms with Crippen LogP contribution in [0.3, 0.4) is 0 Å². The summed E-state index contributed by atoms with van der Waals surface area (Å²) in [5.74, 6) is 1.27. The molecule has 1 amide bonds. The maximum absolute atomic E-state index is 12.4. The number of benzene rings is 2. The van der Waals surface area contributed by atoms with Gasteiger partial charge in [0.25, 0.3) is 0 Å². The molecule has 1 N–H and O–H groups in total. The normalized spacial score (nSPS) is 10.7. The molecule has 172 valence electrons. The minimum Gasteiger partial charge on any atom is -0.486 e. The lowest BCUT2D eigenvalue weighted by molar-refractivity contribution is -0.113. The van der Waals surface area contributed by atoms with Crippen molar-refractivity contribution in [2.75, 3.05) is 11.1 Å². The number of carbonyl (C=O) groups is 2. The Hall–Kier alpha value is -3.10. The summed E-state index contributed by atoms with van der Waals surface area (Å²) < 4.78 is 7.77. The first-order valence-electron chi connectivity index (χ1n) is 10.2. The SMILES string of the molecule is C=CCn1c(COc2cc(C)c(Cl)c(C)c2)nnc1SCC(=O)Nc1ccc(C(C)=O)cc1. The van der Waals surface area contributed by atoms with Crippen LogP contribution >= 0.6 is 23.4 Å². The van der Waals surface area contributed by atoms with Crippen molar-refractivity contribution in [1.82, 2.24) is 14.8 Å². The molecule has 9 heteroatoms. The molecule has 7 nitrogen and oxygen atoms in total. The van der Waals surface area contributed by atoms with Crippen LogP contribution in [0, 0.1) is 13.8 Å². The molecule has 0 radical (unpaired) electrons. The largest absolute Gasteiger partial charge is 0.486 e. The van der Waals surface area contributed by atoms with E-state index < -0.39 is 0 Å². The second kappa shape index (κ2) is 11.2. The maximum Gasteiger partial charge on any atom is 0.234 e. The number of nitrogens with zero attached hydrogens (tertiary/aromatic N) is 3. The van der Waals surface area contributed by atoms with Crippen molar-refractivity contribution in [2.45, 2.75) is 39.1 Å². The second-order valence-corrected chi connectivity index (χ2v) is 8.75. The lowest BCUT2D eigenvalue weighted by atomic mass is 10.1. The molecule has 0 saturated carbocycles. The Morgan fingerprint density at radius 2 is 1.85 bits per heavy atom. The molecule has 0 fully saturated rings. The molecule has 0 aliphatic rings. The van der Waals surface area contributed by atoms with Gasteiger partial charge in [0.2, 0.25) is 5.91 Å². The fraction of sp³-hybridized carbons (Fsp3) is 0.250. The molecular weight excluding hydrogens is 460 g/mol. The number of hydrogen-bond donors (Lipinski definition) is 1. The molecule has 3 aromatic rings. The minimum absolute atomic E-state index is 0.0221. The topological polar surface area (TPSA) is 86.1 Å². The van der Waals surface area contributed by atoms with Gasteiger partial charge >= 0.3 is 0 Å². The Kier molecular flexibility index (Phi) is 8.30. The summed E-state index contributed by atoms with van der Waals surface area (Å²) in [6, 6.07) is 10.5. The van der Waals surface area contributed by atoms with Gasteiger partial charge in [0, 0.05) is 22.8 Å². The summed E-state index contributed by atoms with van der Waals surface area (Å²) in [6.07, 6.45) is 1.74. The summed E-state index contributed by atoms with van der Waals surface area (Å²) in [7, 11) is 0. The predicted octanol–water partition coefficient (Wildman–Crippen LogP) is 5.25. The molecule has 0 bridgehead atoms. The first-order valence-corrected chi connectivity index (χ1v) is 11.6. The van der Waals surface area contributed by atoms with Crippen LogP contribution in [0.15, 0.2) is 54.2 Å². The van der Waals surface area contributed by atoms with Gasteiger partial charge < -0.3 is 10.1 Å². The summed E-state index contributed by atoms with van der Waals surface area (Å²) in [5, 5.41) is 12.6. The first kappa shape index (κ1) is 24.5. The van der Waals surface area contributed by atoms with Gasteiger partial charge in [0.1, 0.15) is 12.4 Å². The van der Waals surface area contributed by atoms with E-state index >= 15 is 0 Å². The van der Waals surface area contributed by atoms with E-state index in [1.165, 1.54) is 18.7 Å². The molecule has 0 unspecified atom stereocenters. The van der Waals surface area contributed by atoms with E-state index in [0.717, 1.165) is 16.1 Å². The highest BCUT2D eigenvalue weighted by Gasteiger charge is 2.15. The average molecular weight is 485 g/mol. The van der Waals surface area contributed by atoms with Crippen LogP contribution in [0.2, 0.25) is 5.02 Å². The van der Waals surface area contributed by atoms with Crippen LogP contribution in [-0.2, 0) is 17.9 Å². The number of nitrogens with one attached hydrogen (secondary N) is 1. The molecule has 0 aliphatic carbocycles. The molecule has 1 aromatic heterocycles. The van der Waals surface area contributed by atoms with Gasteiger partial charge in [-0.3, -0.25) is 14.2 Å². The predicted molar refractivity (Wildman–Crippen MR) is 131 cm³/mol. The van der Waals surface area contributed by atoms with Crippen LogP contribution in [-0.4, -0.2) is 32.2 Å². The van der Waals surface area contributed by atoms with E-state index in [2.05, 4.69) is 22.1 Å². The van der Waals surface area contributed by atoms with Crippen LogP contribution < -0.4 is 10.1 Å². The molecule has 0 atom stereocenters. The smallest absolute Gasteiger partial charge is 0.234 e. The van der Waals surface area contributed by atoms with Gasteiger partial charge in [-0.05, 0) is 68.3 Å². The summed E-state index contributed by atoms with van der Waals surface area (Å²) in [5.41, 5.74) is 3.11. The molecule has 33 heavy (non-hydrogen) atoms. The van der Waals surface area contributed by atoms with E-state index in [4.69, 9.17) is 16.3 Å². The molecule has 1 heterocycles. The van der Waals surface area contributed by atoms with E-state index in [0.29, 0.717) is 34.5 Å². The quantitative estimate of drug-likeness (QED) is 0.240. The van der Waals surface area contributed by atoms with Gasteiger partial charge in [-0.25, -0.2) is 0 Å². The summed E-state index contributed by atoms with van der Waals surface area (Å²) >= 11 is 7.50. The Balaban J connectivity index is 1.62. The number of halogens is 1. The number of anilines is 1. The van der Waals surface area contributed by atoms with Gasteiger partial charge in [-0.2, -0.15) is 0 Å². The Labute approximate surface area is 202 Å². The van der Waals surface area contributed by atoms with E-state index in [1.54, 1.807) is 30.3 Å². The van der Waals surface area contributed by atoms with Crippen molar-refractivity contribution >= 4 is 40.7 Å². The average Bonchev–Trinajstić information content (AvgIpc) is 3.16. The van der Waals surface area contributed by atoms with Crippen molar-refractivity contribution in [2.24, 2.45) is 0 Å². The zero-order valence-corrected chi connectivity index (χ0v) is 20.3. The zero-order valence-electron chi connectivity index (χ0n) is 18.7. The highest BCUT2D eigenvalue weighted by Crippen LogP contribution is 2.26.